The number of anilines is 1. The molecule has 150 valence electrons. The zero-order valence-electron chi connectivity index (χ0n) is 16.0. The zero-order valence-corrected chi connectivity index (χ0v) is 16.0. The first kappa shape index (κ1) is 22.1. The van der Waals surface area contributed by atoms with Crippen LogP contribution >= 0.6 is 0 Å². The van der Waals surface area contributed by atoms with Crippen molar-refractivity contribution >= 4 is 23.7 Å². The summed E-state index contributed by atoms with van der Waals surface area (Å²) in [6, 6.07) is 4.80. The van der Waals surface area contributed by atoms with Crippen LogP contribution < -0.4 is 20.1 Å². The number of rotatable bonds is 9. The molecule has 0 aliphatic carbocycles. The number of carboxylic acids is 1. The van der Waals surface area contributed by atoms with Gasteiger partial charge in [-0.15, -0.1) is 0 Å². The van der Waals surface area contributed by atoms with E-state index in [9.17, 15) is 14.4 Å². The van der Waals surface area contributed by atoms with Crippen molar-refractivity contribution in [3.8, 4) is 11.5 Å². The maximum atomic E-state index is 12.0. The van der Waals surface area contributed by atoms with Gasteiger partial charge in [0.2, 0.25) is 5.91 Å². The molecule has 0 aliphatic heterocycles. The Morgan fingerprint density at radius 1 is 1.19 bits per heavy atom. The second-order valence-electron chi connectivity index (χ2n) is 6.61. The summed E-state index contributed by atoms with van der Waals surface area (Å²) in [5.41, 5.74) is -0.240. The van der Waals surface area contributed by atoms with Gasteiger partial charge in [-0.3, -0.25) is 9.59 Å². The lowest BCUT2D eigenvalue weighted by Crippen LogP contribution is -2.37. The third-order valence-electron chi connectivity index (χ3n) is 3.04. The van der Waals surface area contributed by atoms with Gasteiger partial charge in [0.05, 0.1) is 19.4 Å². The van der Waals surface area contributed by atoms with Gasteiger partial charge < -0.3 is 30.0 Å². The monoisotopic (exact) mass is 382 g/mol. The van der Waals surface area contributed by atoms with Crippen LogP contribution in [0.4, 0.5) is 10.5 Å². The Labute approximate surface area is 158 Å². The Morgan fingerprint density at radius 2 is 1.89 bits per heavy atom. The molecule has 0 radical (unpaired) electrons. The minimum atomic E-state index is -0.880. The zero-order chi connectivity index (χ0) is 20.4. The van der Waals surface area contributed by atoms with E-state index in [1.165, 1.54) is 7.11 Å². The fourth-order valence-electron chi connectivity index (χ4n) is 1.94. The predicted molar refractivity (Wildman–Crippen MR) is 98.2 cm³/mol. The SMILES string of the molecule is COc1cc(OCCCC(=O)O)ccc1NC(=O)CNC(=O)OC(C)(C)C. The molecule has 1 aromatic carbocycles. The van der Waals surface area contributed by atoms with Crippen molar-refractivity contribution in [3.63, 3.8) is 0 Å². The number of carboxylic acid groups (broad SMARTS) is 1. The van der Waals surface area contributed by atoms with Crippen LogP contribution in [-0.2, 0) is 14.3 Å². The number of amides is 2. The molecule has 9 heteroatoms. The highest BCUT2D eigenvalue weighted by atomic mass is 16.6. The maximum Gasteiger partial charge on any atom is 0.408 e. The van der Waals surface area contributed by atoms with Crippen molar-refractivity contribution in [2.24, 2.45) is 0 Å². The molecule has 0 aromatic heterocycles. The maximum absolute atomic E-state index is 12.0. The average molecular weight is 382 g/mol. The smallest absolute Gasteiger partial charge is 0.408 e. The van der Waals surface area contributed by atoms with Crippen LogP contribution in [0.1, 0.15) is 33.6 Å². The Bertz CT molecular complexity index is 668. The molecule has 0 aliphatic rings. The number of methoxy groups -OCH3 is 1. The second kappa shape index (κ2) is 10.2. The number of benzene rings is 1. The number of hydrogen-bond acceptors (Lipinski definition) is 6. The van der Waals surface area contributed by atoms with Crippen LogP contribution in [0.5, 0.6) is 11.5 Å². The van der Waals surface area contributed by atoms with Crippen molar-refractivity contribution in [1.29, 1.82) is 0 Å². The molecule has 0 atom stereocenters. The molecule has 0 heterocycles. The first-order valence-electron chi connectivity index (χ1n) is 8.40. The van der Waals surface area contributed by atoms with Gasteiger partial charge in [0, 0.05) is 12.5 Å². The largest absolute Gasteiger partial charge is 0.494 e. The molecule has 0 saturated carbocycles. The Kier molecular flexibility index (Phi) is 8.37. The molecule has 1 aromatic rings. The fourth-order valence-corrected chi connectivity index (χ4v) is 1.94. The number of hydrogen-bond donors (Lipinski definition) is 3. The first-order chi connectivity index (χ1) is 12.6. The van der Waals surface area contributed by atoms with E-state index in [-0.39, 0.29) is 19.6 Å². The predicted octanol–water partition coefficient (Wildman–Crippen LogP) is 2.40. The number of alkyl carbamates (subject to hydrolysis) is 1. The minimum absolute atomic E-state index is 0.0237. The highest BCUT2D eigenvalue weighted by molar-refractivity contribution is 5.95. The summed E-state index contributed by atoms with van der Waals surface area (Å²) in [7, 11) is 1.44. The third kappa shape index (κ3) is 9.34. The number of carbonyl (C=O) groups is 3. The topological polar surface area (TPSA) is 123 Å². The summed E-state index contributed by atoms with van der Waals surface area (Å²) in [5.74, 6) is -0.470. The van der Waals surface area contributed by atoms with Gasteiger partial charge in [-0.05, 0) is 39.3 Å². The molecule has 1 rings (SSSR count). The molecule has 27 heavy (non-hydrogen) atoms. The van der Waals surface area contributed by atoms with Crippen LogP contribution in [0, 0.1) is 0 Å². The van der Waals surface area contributed by atoms with Gasteiger partial charge in [0.1, 0.15) is 23.6 Å². The van der Waals surface area contributed by atoms with Crippen molar-refractivity contribution in [2.45, 2.75) is 39.2 Å². The van der Waals surface area contributed by atoms with Crippen LogP contribution in [0.25, 0.3) is 0 Å². The third-order valence-corrected chi connectivity index (χ3v) is 3.04. The summed E-state index contributed by atoms with van der Waals surface area (Å²) in [4.78, 5) is 34.0. The van der Waals surface area contributed by atoms with Gasteiger partial charge in [0.15, 0.2) is 0 Å². The Hall–Kier alpha value is -2.97. The van der Waals surface area contributed by atoms with Crippen molar-refractivity contribution in [3.05, 3.63) is 18.2 Å². The van der Waals surface area contributed by atoms with E-state index in [4.69, 9.17) is 19.3 Å². The molecule has 0 unspecified atom stereocenters. The first-order valence-corrected chi connectivity index (χ1v) is 8.40. The van der Waals surface area contributed by atoms with Gasteiger partial charge in [-0.2, -0.15) is 0 Å². The number of aliphatic carboxylic acids is 1. The van der Waals surface area contributed by atoms with Crippen molar-refractivity contribution in [1.82, 2.24) is 5.32 Å². The fraction of sp³-hybridized carbons (Fsp3) is 0.500. The van der Waals surface area contributed by atoms with E-state index in [0.29, 0.717) is 23.6 Å². The summed E-state index contributed by atoms with van der Waals surface area (Å²) in [6.07, 6.45) is -0.280. The van der Waals surface area contributed by atoms with E-state index in [1.54, 1.807) is 39.0 Å². The molecule has 3 N–H and O–H groups in total. The van der Waals surface area contributed by atoms with Crippen LogP contribution in [-0.4, -0.2) is 48.9 Å². The molecular formula is C18H26N2O7. The number of ether oxygens (including phenoxy) is 3. The summed E-state index contributed by atoms with van der Waals surface area (Å²) in [6.45, 7) is 5.17. The highest BCUT2D eigenvalue weighted by Crippen LogP contribution is 2.29. The van der Waals surface area contributed by atoms with Crippen LogP contribution in [0.3, 0.4) is 0 Å². The van der Waals surface area contributed by atoms with Gasteiger partial charge in [-0.1, -0.05) is 0 Å². The van der Waals surface area contributed by atoms with Crippen LogP contribution in [0.15, 0.2) is 18.2 Å². The van der Waals surface area contributed by atoms with E-state index in [0.717, 1.165) is 0 Å². The molecule has 0 bridgehead atoms. The van der Waals surface area contributed by atoms with E-state index >= 15 is 0 Å². The van der Waals surface area contributed by atoms with E-state index in [1.807, 2.05) is 0 Å². The van der Waals surface area contributed by atoms with E-state index < -0.39 is 23.6 Å². The summed E-state index contributed by atoms with van der Waals surface area (Å²) >= 11 is 0. The van der Waals surface area contributed by atoms with Gasteiger partial charge in [-0.25, -0.2) is 4.79 Å². The van der Waals surface area contributed by atoms with Crippen molar-refractivity contribution < 1.29 is 33.7 Å². The molecule has 0 fully saturated rings. The molecular weight excluding hydrogens is 356 g/mol. The Morgan fingerprint density at radius 3 is 2.48 bits per heavy atom. The minimum Gasteiger partial charge on any atom is -0.494 e. The lowest BCUT2D eigenvalue weighted by Gasteiger charge is -2.19. The van der Waals surface area contributed by atoms with Crippen molar-refractivity contribution in [2.75, 3.05) is 25.6 Å². The second-order valence-corrected chi connectivity index (χ2v) is 6.61. The van der Waals surface area contributed by atoms with Gasteiger partial charge >= 0.3 is 12.1 Å². The highest BCUT2D eigenvalue weighted by Gasteiger charge is 2.17. The Balaban J connectivity index is 2.55. The molecule has 9 nitrogen and oxygen atoms in total. The molecule has 0 saturated heterocycles. The van der Waals surface area contributed by atoms with Gasteiger partial charge in [0.25, 0.3) is 0 Å². The molecule has 0 spiro atoms. The summed E-state index contributed by atoms with van der Waals surface area (Å²) < 4.78 is 15.7. The van der Waals surface area contributed by atoms with E-state index in [2.05, 4.69) is 10.6 Å². The standard InChI is InChI=1S/C18H26N2O7/c1-18(2,3)27-17(24)19-11-15(21)20-13-8-7-12(10-14(13)25-4)26-9-5-6-16(22)23/h7-8,10H,5-6,9,11H2,1-4H3,(H,19,24)(H,20,21)(H,22,23). The number of carbonyl (C=O) groups excluding carboxylic acids is 2. The lowest BCUT2D eigenvalue weighted by atomic mass is 10.2. The van der Waals surface area contributed by atoms with Crippen LogP contribution in [0.2, 0.25) is 0 Å². The quantitative estimate of drug-likeness (QED) is 0.560. The normalized spacial score (nSPS) is 10.7. The number of nitrogens with one attached hydrogen (secondary N) is 2. The lowest BCUT2D eigenvalue weighted by molar-refractivity contribution is -0.137. The molecule has 2 amide bonds. The average Bonchev–Trinajstić information content (AvgIpc) is 2.56. The summed E-state index contributed by atoms with van der Waals surface area (Å²) in [5, 5.41) is 13.6.